The predicted octanol–water partition coefficient (Wildman–Crippen LogP) is 2.27. The molecule has 1 amide bonds. The van der Waals surface area contributed by atoms with Crippen LogP contribution in [0.15, 0.2) is 29.4 Å². The fourth-order valence-corrected chi connectivity index (χ4v) is 3.64. The van der Waals surface area contributed by atoms with E-state index in [-0.39, 0.29) is 5.91 Å². The lowest BCUT2D eigenvalue weighted by Crippen LogP contribution is -2.37. The van der Waals surface area contributed by atoms with Gasteiger partial charge in [-0.25, -0.2) is 4.68 Å². The highest BCUT2D eigenvalue weighted by atomic mass is 32.2. The molecule has 1 aliphatic carbocycles. The van der Waals surface area contributed by atoms with Gasteiger partial charge in [-0.1, -0.05) is 43.2 Å². The van der Waals surface area contributed by atoms with E-state index in [1.54, 1.807) is 11.8 Å². The van der Waals surface area contributed by atoms with E-state index in [1.807, 2.05) is 24.3 Å². The molecule has 2 aromatic rings. The fraction of sp³-hybridized carbons (Fsp3) is 0.529. The minimum atomic E-state index is 0.0518. The molecule has 0 atom stereocenters. The van der Waals surface area contributed by atoms with Crippen LogP contribution in [0.3, 0.4) is 0 Å². The second-order valence-corrected chi connectivity index (χ2v) is 7.10. The highest BCUT2D eigenvalue weighted by Gasteiger charge is 2.17. The Labute approximate surface area is 151 Å². The highest BCUT2D eigenvalue weighted by Crippen LogP contribution is 2.19. The number of carbonyl (C=O) groups is 1. The number of aromatic nitrogens is 4. The van der Waals surface area contributed by atoms with Gasteiger partial charge in [0.05, 0.1) is 19.4 Å². The van der Waals surface area contributed by atoms with Crippen molar-refractivity contribution in [1.29, 1.82) is 0 Å². The number of ether oxygens (including phenoxy) is 1. The maximum absolute atomic E-state index is 12.1. The number of nitrogens with zero attached hydrogens (tertiary/aromatic N) is 4. The van der Waals surface area contributed by atoms with Crippen LogP contribution in [-0.2, 0) is 11.3 Å². The van der Waals surface area contributed by atoms with Gasteiger partial charge in [0, 0.05) is 6.04 Å². The maximum atomic E-state index is 12.1. The SMILES string of the molecule is COc1ccc(Cn2nnnc2SCC(=O)NC2CCCCC2)cc1. The quantitative estimate of drug-likeness (QED) is 0.762. The van der Waals surface area contributed by atoms with E-state index in [9.17, 15) is 4.79 Å². The van der Waals surface area contributed by atoms with Crippen LogP contribution in [0.4, 0.5) is 0 Å². The van der Waals surface area contributed by atoms with E-state index in [0.29, 0.717) is 23.5 Å². The van der Waals surface area contributed by atoms with E-state index in [1.165, 1.54) is 31.0 Å². The minimum absolute atomic E-state index is 0.0518. The molecule has 1 aliphatic rings. The third kappa shape index (κ3) is 5.19. The normalized spacial score (nSPS) is 15.1. The maximum Gasteiger partial charge on any atom is 0.230 e. The van der Waals surface area contributed by atoms with Gasteiger partial charge in [-0.3, -0.25) is 4.79 Å². The highest BCUT2D eigenvalue weighted by molar-refractivity contribution is 7.99. The smallest absolute Gasteiger partial charge is 0.230 e. The molecular formula is C17H23N5O2S. The van der Waals surface area contributed by atoms with Crippen molar-refractivity contribution in [2.45, 2.75) is 49.8 Å². The monoisotopic (exact) mass is 361 g/mol. The summed E-state index contributed by atoms with van der Waals surface area (Å²) in [5, 5.41) is 15.5. The lowest BCUT2D eigenvalue weighted by Gasteiger charge is -2.22. The molecule has 1 N–H and O–H groups in total. The van der Waals surface area contributed by atoms with Crippen LogP contribution < -0.4 is 10.1 Å². The van der Waals surface area contributed by atoms with Crippen LogP contribution in [0.2, 0.25) is 0 Å². The first kappa shape index (κ1) is 17.7. The number of benzene rings is 1. The van der Waals surface area contributed by atoms with Gasteiger partial charge < -0.3 is 10.1 Å². The Morgan fingerprint density at radius 1 is 1.28 bits per heavy atom. The van der Waals surface area contributed by atoms with Gasteiger partial charge in [0.25, 0.3) is 0 Å². The molecule has 1 aromatic heterocycles. The molecule has 3 rings (SSSR count). The van der Waals surface area contributed by atoms with E-state index < -0.39 is 0 Å². The van der Waals surface area contributed by atoms with Gasteiger partial charge in [0.15, 0.2) is 0 Å². The summed E-state index contributed by atoms with van der Waals surface area (Å²) in [6.45, 7) is 0.559. The van der Waals surface area contributed by atoms with Gasteiger partial charge in [0.1, 0.15) is 5.75 Å². The number of thioether (sulfide) groups is 1. The van der Waals surface area contributed by atoms with Crippen LogP contribution in [-0.4, -0.2) is 45.0 Å². The van der Waals surface area contributed by atoms with Gasteiger partial charge >= 0.3 is 0 Å². The molecule has 1 fully saturated rings. The van der Waals surface area contributed by atoms with Crippen LogP contribution in [0.1, 0.15) is 37.7 Å². The van der Waals surface area contributed by atoms with E-state index in [0.717, 1.165) is 24.2 Å². The Kier molecular flexibility index (Phi) is 6.27. The number of amides is 1. The first-order valence-electron chi connectivity index (χ1n) is 8.56. The third-order valence-electron chi connectivity index (χ3n) is 4.29. The Bertz CT molecular complexity index is 683. The van der Waals surface area contributed by atoms with Crippen molar-refractivity contribution in [2.24, 2.45) is 0 Å². The van der Waals surface area contributed by atoms with Gasteiger partial charge in [0.2, 0.25) is 11.1 Å². The molecule has 0 saturated heterocycles. The summed E-state index contributed by atoms with van der Waals surface area (Å²) in [6.07, 6.45) is 5.87. The lowest BCUT2D eigenvalue weighted by molar-refractivity contribution is -0.119. The fourth-order valence-electron chi connectivity index (χ4n) is 2.95. The molecule has 8 heteroatoms. The van der Waals surface area contributed by atoms with Crippen LogP contribution >= 0.6 is 11.8 Å². The van der Waals surface area contributed by atoms with Crippen molar-refractivity contribution >= 4 is 17.7 Å². The van der Waals surface area contributed by atoms with Crippen molar-refractivity contribution in [3.05, 3.63) is 29.8 Å². The predicted molar refractivity (Wildman–Crippen MR) is 95.7 cm³/mol. The second-order valence-electron chi connectivity index (χ2n) is 6.16. The molecule has 0 spiro atoms. The molecule has 0 bridgehead atoms. The molecule has 0 unspecified atom stereocenters. The Hall–Kier alpha value is -2.09. The summed E-state index contributed by atoms with van der Waals surface area (Å²) in [7, 11) is 1.64. The summed E-state index contributed by atoms with van der Waals surface area (Å²) in [5.41, 5.74) is 1.07. The largest absolute Gasteiger partial charge is 0.497 e. The molecule has 1 aromatic carbocycles. The minimum Gasteiger partial charge on any atom is -0.497 e. The number of tetrazole rings is 1. The van der Waals surface area contributed by atoms with E-state index in [2.05, 4.69) is 20.8 Å². The molecule has 134 valence electrons. The number of hydrogen-bond acceptors (Lipinski definition) is 6. The first-order valence-corrected chi connectivity index (χ1v) is 9.54. The second kappa shape index (κ2) is 8.84. The summed E-state index contributed by atoms with van der Waals surface area (Å²) in [4.78, 5) is 12.1. The Morgan fingerprint density at radius 2 is 2.04 bits per heavy atom. The van der Waals surface area contributed by atoms with Crippen LogP contribution in [0.25, 0.3) is 0 Å². The van der Waals surface area contributed by atoms with Crippen molar-refractivity contribution in [2.75, 3.05) is 12.9 Å². The Morgan fingerprint density at radius 3 is 2.76 bits per heavy atom. The van der Waals surface area contributed by atoms with Crippen molar-refractivity contribution < 1.29 is 9.53 Å². The zero-order valence-corrected chi connectivity index (χ0v) is 15.2. The zero-order chi connectivity index (χ0) is 17.5. The van der Waals surface area contributed by atoms with Crippen LogP contribution in [0, 0.1) is 0 Å². The number of methoxy groups -OCH3 is 1. The first-order chi connectivity index (χ1) is 12.2. The molecule has 1 saturated carbocycles. The summed E-state index contributed by atoms with van der Waals surface area (Å²) in [6, 6.07) is 8.10. The molecule has 0 aliphatic heterocycles. The van der Waals surface area contributed by atoms with Gasteiger partial charge in [-0.05, 0) is 41.0 Å². The zero-order valence-electron chi connectivity index (χ0n) is 14.4. The number of rotatable bonds is 7. The van der Waals surface area contributed by atoms with Gasteiger partial charge in [-0.15, -0.1) is 5.10 Å². The molecule has 1 heterocycles. The topological polar surface area (TPSA) is 81.9 Å². The summed E-state index contributed by atoms with van der Waals surface area (Å²) >= 11 is 1.37. The molecule has 7 nitrogen and oxygen atoms in total. The van der Waals surface area contributed by atoms with Crippen molar-refractivity contribution in [3.8, 4) is 5.75 Å². The van der Waals surface area contributed by atoms with Crippen molar-refractivity contribution in [3.63, 3.8) is 0 Å². The molecule has 0 radical (unpaired) electrons. The number of hydrogen-bond donors (Lipinski definition) is 1. The van der Waals surface area contributed by atoms with Gasteiger partial charge in [-0.2, -0.15) is 0 Å². The van der Waals surface area contributed by atoms with Crippen LogP contribution in [0.5, 0.6) is 5.75 Å². The number of nitrogens with one attached hydrogen (secondary N) is 1. The molecule has 25 heavy (non-hydrogen) atoms. The average Bonchev–Trinajstić information content (AvgIpc) is 3.08. The summed E-state index contributed by atoms with van der Waals surface area (Å²) in [5.74, 6) is 1.20. The average molecular weight is 361 g/mol. The van der Waals surface area contributed by atoms with Crippen molar-refractivity contribution in [1.82, 2.24) is 25.5 Å². The standard InChI is InChI=1S/C17H23N5O2S/c1-24-15-9-7-13(8-10-15)11-22-17(19-20-21-22)25-12-16(23)18-14-5-3-2-4-6-14/h7-10,14H,2-6,11-12H2,1H3,(H,18,23). The van der Waals surface area contributed by atoms with E-state index >= 15 is 0 Å². The Balaban J connectivity index is 1.51. The van der Waals surface area contributed by atoms with E-state index in [4.69, 9.17) is 4.74 Å². The molecular weight excluding hydrogens is 338 g/mol. The summed E-state index contributed by atoms with van der Waals surface area (Å²) < 4.78 is 6.87. The lowest BCUT2D eigenvalue weighted by atomic mass is 9.95. The number of carbonyl (C=O) groups excluding carboxylic acids is 1. The third-order valence-corrected chi connectivity index (χ3v) is 5.25.